The minimum atomic E-state index is -0.675. The van der Waals surface area contributed by atoms with Crippen LogP contribution in [0.2, 0.25) is 0 Å². The molecule has 1 N–H and O–H groups in total. The van der Waals surface area contributed by atoms with Crippen molar-refractivity contribution in [3.05, 3.63) is 107 Å². The number of aliphatic hydroxyl groups is 1. The van der Waals surface area contributed by atoms with Crippen LogP contribution < -0.4 is 4.74 Å². The lowest BCUT2D eigenvalue weighted by Gasteiger charge is -2.26. The van der Waals surface area contributed by atoms with E-state index >= 15 is 0 Å². The lowest BCUT2D eigenvalue weighted by Crippen LogP contribution is -2.31. The van der Waals surface area contributed by atoms with Crippen LogP contribution in [0.25, 0.3) is 5.76 Å². The SMILES string of the molecule is COc1cccc(/C(O)=C2\C(=O)C(=O)N(CCc3ccccc3)C2c2ccc(C(C)C)cc2)c1. The third kappa shape index (κ3) is 4.60. The summed E-state index contributed by atoms with van der Waals surface area (Å²) >= 11 is 0. The van der Waals surface area contributed by atoms with Gasteiger partial charge >= 0.3 is 0 Å². The third-order valence-corrected chi connectivity index (χ3v) is 6.29. The molecule has 4 rings (SSSR count). The monoisotopic (exact) mass is 455 g/mol. The van der Waals surface area contributed by atoms with E-state index in [1.165, 1.54) is 7.11 Å². The molecule has 1 amide bonds. The van der Waals surface area contributed by atoms with E-state index in [0.29, 0.717) is 30.2 Å². The van der Waals surface area contributed by atoms with Crippen molar-refractivity contribution < 1.29 is 19.4 Å². The lowest BCUT2D eigenvalue weighted by molar-refractivity contribution is -0.139. The number of rotatable bonds is 7. The van der Waals surface area contributed by atoms with Crippen molar-refractivity contribution in [2.24, 2.45) is 0 Å². The molecule has 0 bridgehead atoms. The van der Waals surface area contributed by atoms with Gasteiger partial charge in [-0.15, -0.1) is 0 Å². The summed E-state index contributed by atoms with van der Waals surface area (Å²) in [6, 6.07) is 24.0. The van der Waals surface area contributed by atoms with Gasteiger partial charge in [0.1, 0.15) is 11.5 Å². The Balaban J connectivity index is 1.79. The van der Waals surface area contributed by atoms with Crippen LogP contribution in [0.15, 0.2) is 84.4 Å². The number of likely N-dealkylation sites (tertiary alicyclic amines) is 1. The Morgan fingerprint density at radius 2 is 1.68 bits per heavy atom. The second-order valence-corrected chi connectivity index (χ2v) is 8.78. The van der Waals surface area contributed by atoms with Gasteiger partial charge in [0.05, 0.1) is 18.7 Å². The molecule has 0 aromatic heterocycles. The fourth-order valence-corrected chi connectivity index (χ4v) is 4.34. The van der Waals surface area contributed by atoms with E-state index in [1.54, 1.807) is 29.2 Å². The topological polar surface area (TPSA) is 66.8 Å². The van der Waals surface area contributed by atoms with Crippen molar-refractivity contribution in [1.82, 2.24) is 4.90 Å². The second kappa shape index (κ2) is 9.96. The van der Waals surface area contributed by atoms with Gasteiger partial charge in [-0.3, -0.25) is 9.59 Å². The van der Waals surface area contributed by atoms with Crippen LogP contribution in [0, 0.1) is 0 Å². The highest BCUT2D eigenvalue weighted by atomic mass is 16.5. The molecule has 3 aromatic carbocycles. The number of Topliss-reactive ketones (excluding diaryl/α,β-unsaturated/α-hetero) is 1. The summed E-state index contributed by atoms with van der Waals surface area (Å²) in [7, 11) is 1.54. The number of ketones is 1. The van der Waals surface area contributed by atoms with Crippen LogP contribution >= 0.6 is 0 Å². The third-order valence-electron chi connectivity index (χ3n) is 6.29. The maximum atomic E-state index is 13.2. The molecular weight excluding hydrogens is 426 g/mol. The van der Waals surface area contributed by atoms with Crippen molar-refractivity contribution in [3.63, 3.8) is 0 Å². The van der Waals surface area contributed by atoms with E-state index < -0.39 is 17.7 Å². The number of methoxy groups -OCH3 is 1. The standard InChI is InChI=1S/C29H29NO4/c1-19(2)21-12-14-22(15-13-21)26-25(27(31)23-10-7-11-24(18-23)34-3)28(32)29(33)30(26)17-16-20-8-5-4-6-9-20/h4-15,18-19,26,31H,16-17H2,1-3H3/b27-25+. The first-order chi connectivity index (χ1) is 16.4. The van der Waals surface area contributed by atoms with Gasteiger partial charge in [0, 0.05) is 12.1 Å². The van der Waals surface area contributed by atoms with Crippen LogP contribution in [0.3, 0.4) is 0 Å². The lowest BCUT2D eigenvalue weighted by atomic mass is 9.93. The van der Waals surface area contributed by atoms with Crippen molar-refractivity contribution in [3.8, 4) is 5.75 Å². The zero-order valence-electron chi connectivity index (χ0n) is 19.7. The molecule has 1 heterocycles. The molecular formula is C29H29NO4. The molecule has 1 unspecified atom stereocenters. The van der Waals surface area contributed by atoms with Crippen LogP contribution in [-0.2, 0) is 16.0 Å². The fraction of sp³-hybridized carbons (Fsp3) is 0.241. The largest absolute Gasteiger partial charge is 0.507 e. The Bertz CT molecular complexity index is 1210. The van der Waals surface area contributed by atoms with E-state index in [4.69, 9.17) is 4.74 Å². The van der Waals surface area contributed by atoms with Crippen LogP contribution in [0.5, 0.6) is 5.75 Å². The van der Waals surface area contributed by atoms with Gasteiger partial charge in [-0.1, -0.05) is 80.6 Å². The molecule has 0 spiro atoms. The molecule has 1 atom stereocenters. The number of carbonyl (C=O) groups excluding carboxylic acids is 2. The number of ether oxygens (including phenoxy) is 1. The minimum absolute atomic E-state index is 0.101. The average Bonchev–Trinajstić information content (AvgIpc) is 3.12. The highest BCUT2D eigenvalue weighted by Crippen LogP contribution is 2.40. The summed E-state index contributed by atoms with van der Waals surface area (Å²) in [6.45, 7) is 4.59. The zero-order valence-corrected chi connectivity index (χ0v) is 19.7. The molecule has 0 aliphatic carbocycles. The molecule has 1 fully saturated rings. The number of hydrogen-bond acceptors (Lipinski definition) is 4. The molecule has 5 heteroatoms. The predicted octanol–water partition coefficient (Wildman–Crippen LogP) is 5.48. The van der Waals surface area contributed by atoms with Gasteiger partial charge in [0.25, 0.3) is 11.7 Å². The highest BCUT2D eigenvalue weighted by molar-refractivity contribution is 6.46. The smallest absolute Gasteiger partial charge is 0.295 e. The molecule has 34 heavy (non-hydrogen) atoms. The number of carbonyl (C=O) groups is 2. The summed E-state index contributed by atoms with van der Waals surface area (Å²) in [4.78, 5) is 28.0. The molecule has 3 aromatic rings. The zero-order chi connectivity index (χ0) is 24.2. The number of benzene rings is 3. The molecule has 1 aliphatic rings. The minimum Gasteiger partial charge on any atom is -0.507 e. The van der Waals surface area contributed by atoms with Gasteiger partial charge in [-0.25, -0.2) is 0 Å². The number of nitrogens with zero attached hydrogens (tertiary/aromatic N) is 1. The summed E-state index contributed by atoms with van der Waals surface area (Å²) in [5.74, 6) is -0.558. The first-order valence-corrected chi connectivity index (χ1v) is 11.5. The van der Waals surface area contributed by atoms with Crippen molar-refractivity contribution in [1.29, 1.82) is 0 Å². The van der Waals surface area contributed by atoms with Crippen LogP contribution in [0.4, 0.5) is 0 Å². The fourth-order valence-electron chi connectivity index (χ4n) is 4.34. The Labute approximate surface area is 200 Å². The normalized spacial score (nSPS) is 17.4. The number of aliphatic hydroxyl groups excluding tert-OH is 1. The maximum Gasteiger partial charge on any atom is 0.295 e. The van der Waals surface area contributed by atoms with Crippen LogP contribution in [0.1, 0.15) is 48.1 Å². The Hall–Kier alpha value is -3.86. The quantitative estimate of drug-likeness (QED) is 0.291. The Morgan fingerprint density at radius 3 is 2.32 bits per heavy atom. The van der Waals surface area contributed by atoms with Gasteiger partial charge in [0.15, 0.2) is 0 Å². The van der Waals surface area contributed by atoms with Gasteiger partial charge in [-0.2, -0.15) is 0 Å². The summed E-state index contributed by atoms with van der Waals surface area (Å²) in [6.07, 6.45) is 0.605. The van der Waals surface area contributed by atoms with Crippen molar-refractivity contribution in [2.45, 2.75) is 32.2 Å². The predicted molar refractivity (Wildman–Crippen MR) is 133 cm³/mol. The number of amides is 1. The molecule has 1 aliphatic heterocycles. The van der Waals surface area contributed by atoms with E-state index in [9.17, 15) is 14.7 Å². The molecule has 0 saturated carbocycles. The van der Waals surface area contributed by atoms with Crippen molar-refractivity contribution in [2.75, 3.05) is 13.7 Å². The van der Waals surface area contributed by atoms with Crippen LogP contribution in [-0.4, -0.2) is 35.4 Å². The summed E-state index contributed by atoms with van der Waals surface area (Å²) in [5.41, 5.74) is 3.57. The first kappa shape index (κ1) is 23.3. The summed E-state index contributed by atoms with van der Waals surface area (Å²) in [5, 5.41) is 11.2. The van der Waals surface area contributed by atoms with E-state index in [0.717, 1.165) is 16.7 Å². The first-order valence-electron chi connectivity index (χ1n) is 11.5. The van der Waals surface area contributed by atoms with Crippen molar-refractivity contribution >= 4 is 17.4 Å². The van der Waals surface area contributed by atoms with Gasteiger partial charge in [0.2, 0.25) is 0 Å². The van der Waals surface area contributed by atoms with E-state index in [1.807, 2.05) is 54.6 Å². The molecule has 5 nitrogen and oxygen atoms in total. The number of hydrogen-bond donors (Lipinski definition) is 1. The molecule has 1 saturated heterocycles. The van der Waals surface area contributed by atoms with E-state index in [-0.39, 0.29) is 11.3 Å². The Kier molecular flexibility index (Phi) is 6.82. The van der Waals surface area contributed by atoms with Gasteiger partial charge < -0.3 is 14.7 Å². The van der Waals surface area contributed by atoms with Gasteiger partial charge in [-0.05, 0) is 41.2 Å². The summed E-state index contributed by atoms with van der Waals surface area (Å²) < 4.78 is 5.28. The molecule has 0 radical (unpaired) electrons. The second-order valence-electron chi connectivity index (χ2n) is 8.78. The highest BCUT2D eigenvalue weighted by Gasteiger charge is 2.45. The Morgan fingerprint density at radius 1 is 0.971 bits per heavy atom. The average molecular weight is 456 g/mol. The maximum absolute atomic E-state index is 13.2. The van der Waals surface area contributed by atoms with E-state index in [2.05, 4.69) is 13.8 Å². The molecule has 174 valence electrons.